The highest BCUT2D eigenvalue weighted by Gasteiger charge is 2.27. The minimum Gasteiger partial charge on any atom is -0.179 e. The van der Waals surface area contributed by atoms with Crippen molar-refractivity contribution in [1.29, 1.82) is 0 Å². The Kier molecular flexibility index (Phi) is 4.31. The van der Waals surface area contributed by atoms with Crippen molar-refractivity contribution in [3.63, 3.8) is 0 Å². The fraction of sp³-hybridized carbons (Fsp3) is 1.00. The minimum absolute atomic E-state index is 0.631. The summed E-state index contributed by atoms with van der Waals surface area (Å²) in [5, 5.41) is 0.631. The van der Waals surface area contributed by atoms with Gasteiger partial charge < -0.3 is 0 Å². The largest absolute Gasteiger partial charge is 0.179 e. The summed E-state index contributed by atoms with van der Waals surface area (Å²) in [6, 6.07) is 0. The van der Waals surface area contributed by atoms with Crippen molar-refractivity contribution in [3.8, 4) is 0 Å². The van der Waals surface area contributed by atoms with Crippen molar-refractivity contribution >= 4 is 25.3 Å². The quantitative estimate of drug-likeness (QED) is 0.634. The van der Waals surface area contributed by atoms with Gasteiger partial charge in [-0.2, -0.15) is 25.3 Å². The van der Waals surface area contributed by atoms with Crippen LogP contribution in [0.15, 0.2) is 0 Å². The summed E-state index contributed by atoms with van der Waals surface area (Å²) in [4.78, 5) is 0. The molecule has 0 spiro atoms. The van der Waals surface area contributed by atoms with E-state index in [9.17, 15) is 0 Å². The maximum absolute atomic E-state index is 4.62. The highest BCUT2D eigenvalue weighted by molar-refractivity contribution is 7.81. The summed E-state index contributed by atoms with van der Waals surface area (Å²) in [5.41, 5.74) is 0. The molecule has 0 aromatic rings. The monoisotopic (exact) mass is 204 g/mol. The molecule has 72 valence electrons. The molecule has 1 rings (SSSR count). The van der Waals surface area contributed by atoms with Crippen molar-refractivity contribution in [1.82, 2.24) is 0 Å². The normalized spacial score (nSPS) is 39.5. The molecule has 0 aromatic carbocycles. The first-order valence-electron chi connectivity index (χ1n) is 4.94. The Labute approximate surface area is 87.3 Å². The predicted molar refractivity (Wildman–Crippen MR) is 62.3 cm³/mol. The molecule has 0 radical (unpaired) electrons. The molecule has 0 heterocycles. The highest BCUT2D eigenvalue weighted by Crippen LogP contribution is 2.36. The average Bonchev–Trinajstić information content (AvgIpc) is 2.08. The van der Waals surface area contributed by atoms with Crippen molar-refractivity contribution in [2.24, 2.45) is 17.8 Å². The van der Waals surface area contributed by atoms with Gasteiger partial charge in [-0.3, -0.25) is 0 Å². The second-order valence-electron chi connectivity index (χ2n) is 4.28. The Hall–Kier alpha value is 0.700. The van der Waals surface area contributed by atoms with Gasteiger partial charge in [0.2, 0.25) is 0 Å². The molecule has 1 fully saturated rings. The molecular formula is C10H20S2. The van der Waals surface area contributed by atoms with Crippen LogP contribution in [0, 0.1) is 17.8 Å². The molecule has 1 saturated carbocycles. The van der Waals surface area contributed by atoms with Gasteiger partial charge in [0.15, 0.2) is 0 Å². The van der Waals surface area contributed by atoms with Gasteiger partial charge in [0.25, 0.3) is 0 Å². The van der Waals surface area contributed by atoms with E-state index in [-0.39, 0.29) is 0 Å². The predicted octanol–water partition coefficient (Wildman–Crippen LogP) is 3.29. The van der Waals surface area contributed by atoms with E-state index in [1.54, 1.807) is 0 Å². The zero-order chi connectivity index (χ0) is 9.14. The van der Waals surface area contributed by atoms with Crippen molar-refractivity contribution in [3.05, 3.63) is 0 Å². The molecule has 4 atom stereocenters. The fourth-order valence-corrected chi connectivity index (χ4v) is 2.71. The lowest BCUT2D eigenvalue weighted by molar-refractivity contribution is 0.246. The molecule has 0 aliphatic heterocycles. The highest BCUT2D eigenvalue weighted by atomic mass is 32.1. The average molecular weight is 204 g/mol. The summed E-state index contributed by atoms with van der Waals surface area (Å²) < 4.78 is 0. The van der Waals surface area contributed by atoms with Gasteiger partial charge in [0.1, 0.15) is 0 Å². The van der Waals surface area contributed by atoms with Gasteiger partial charge in [-0.15, -0.1) is 0 Å². The lowest BCUT2D eigenvalue weighted by atomic mass is 9.77. The van der Waals surface area contributed by atoms with E-state index in [4.69, 9.17) is 0 Å². The zero-order valence-electron chi connectivity index (χ0n) is 8.03. The van der Waals surface area contributed by atoms with Crippen LogP contribution in [0.3, 0.4) is 0 Å². The van der Waals surface area contributed by atoms with E-state index >= 15 is 0 Å². The Morgan fingerprint density at radius 1 is 1.42 bits per heavy atom. The molecule has 0 nitrogen and oxygen atoms in total. The lowest BCUT2D eigenvalue weighted by Gasteiger charge is -2.34. The first kappa shape index (κ1) is 10.8. The third kappa shape index (κ3) is 2.59. The van der Waals surface area contributed by atoms with Crippen LogP contribution < -0.4 is 0 Å². The molecule has 0 amide bonds. The molecule has 1 aliphatic rings. The third-order valence-electron chi connectivity index (χ3n) is 3.29. The van der Waals surface area contributed by atoms with E-state index < -0.39 is 0 Å². The van der Waals surface area contributed by atoms with Crippen LogP contribution in [-0.2, 0) is 0 Å². The van der Waals surface area contributed by atoms with Crippen LogP contribution in [0.25, 0.3) is 0 Å². The Morgan fingerprint density at radius 3 is 2.58 bits per heavy atom. The number of hydrogen-bond donors (Lipinski definition) is 2. The lowest BCUT2D eigenvalue weighted by Crippen LogP contribution is -2.27. The molecule has 0 unspecified atom stereocenters. The van der Waals surface area contributed by atoms with E-state index in [0.29, 0.717) is 5.25 Å². The van der Waals surface area contributed by atoms with E-state index in [2.05, 4.69) is 39.1 Å². The smallest absolute Gasteiger partial charge is 0.00451 e. The summed E-state index contributed by atoms with van der Waals surface area (Å²) in [6.45, 7) is 4.63. The molecular weight excluding hydrogens is 184 g/mol. The van der Waals surface area contributed by atoms with Gasteiger partial charge in [-0.1, -0.05) is 13.8 Å². The second-order valence-corrected chi connectivity index (χ2v) is 5.31. The Balaban J connectivity index is 2.39. The standard InChI is InChI=1S/C10H20S2/c1-7-3-4-9(5-10(7)12)8(2)6-11/h7-12H,3-6H2,1-2H3/t7-,8-,9+,10+/m1/s1. The molecule has 0 saturated heterocycles. The number of hydrogen-bond acceptors (Lipinski definition) is 2. The molecule has 12 heavy (non-hydrogen) atoms. The number of rotatable bonds is 2. The van der Waals surface area contributed by atoms with Gasteiger partial charge in [0, 0.05) is 5.25 Å². The zero-order valence-corrected chi connectivity index (χ0v) is 9.82. The van der Waals surface area contributed by atoms with Crippen molar-refractivity contribution in [2.75, 3.05) is 5.75 Å². The number of thiol groups is 2. The van der Waals surface area contributed by atoms with Gasteiger partial charge in [0.05, 0.1) is 0 Å². The maximum Gasteiger partial charge on any atom is 0.00451 e. The molecule has 0 aromatic heterocycles. The minimum atomic E-state index is 0.631. The van der Waals surface area contributed by atoms with Gasteiger partial charge >= 0.3 is 0 Å². The summed E-state index contributed by atoms with van der Waals surface area (Å²) >= 11 is 8.98. The molecule has 2 heteroatoms. The fourth-order valence-electron chi connectivity index (χ4n) is 2.00. The van der Waals surface area contributed by atoms with E-state index in [0.717, 1.165) is 23.5 Å². The Morgan fingerprint density at radius 2 is 2.08 bits per heavy atom. The summed E-state index contributed by atoms with van der Waals surface area (Å²) in [7, 11) is 0. The SMILES string of the molecule is C[C@H](CS)[C@H]1CC[C@@H](C)[C@@H](S)C1. The van der Waals surface area contributed by atoms with Crippen LogP contribution in [0.1, 0.15) is 33.1 Å². The first-order chi connectivity index (χ1) is 5.65. The third-order valence-corrected chi connectivity index (χ3v) is 4.58. The van der Waals surface area contributed by atoms with Crippen LogP contribution in [0.4, 0.5) is 0 Å². The first-order valence-corrected chi connectivity index (χ1v) is 6.09. The van der Waals surface area contributed by atoms with Gasteiger partial charge in [-0.25, -0.2) is 0 Å². The molecule has 0 bridgehead atoms. The summed E-state index contributed by atoms with van der Waals surface area (Å²) in [5.74, 6) is 3.49. The van der Waals surface area contributed by atoms with E-state index in [1.165, 1.54) is 19.3 Å². The maximum atomic E-state index is 4.62. The van der Waals surface area contributed by atoms with Crippen molar-refractivity contribution < 1.29 is 0 Å². The van der Waals surface area contributed by atoms with Crippen LogP contribution >= 0.6 is 25.3 Å². The Bertz CT molecular complexity index is 136. The van der Waals surface area contributed by atoms with Gasteiger partial charge in [-0.05, 0) is 42.8 Å². The van der Waals surface area contributed by atoms with Crippen molar-refractivity contribution in [2.45, 2.75) is 38.4 Å². The van der Waals surface area contributed by atoms with Crippen LogP contribution in [0.5, 0.6) is 0 Å². The second kappa shape index (κ2) is 4.80. The topological polar surface area (TPSA) is 0 Å². The van der Waals surface area contributed by atoms with E-state index in [1.807, 2.05) is 0 Å². The van der Waals surface area contributed by atoms with Crippen LogP contribution in [-0.4, -0.2) is 11.0 Å². The summed E-state index contributed by atoms with van der Waals surface area (Å²) in [6.07, 6.45) is 4.04. The molecule has 0 N–H and O–H groups in total. The molecule has 1 aliphatic carbocycles. The van der Waals surface area contributed by atoms with Crippen LogP contribution in [0.2, 0.25) is 0 Å².